The number of aliphatic hydroxyl groups excluding tert-OH is 1. The summed E-state index contributed by atoms with van der Waals surface area (Å²) in [7, 11) is 1.45. The predicted octanol–water partition coefficient (Wildman–Crippen LogP) is 2.26. The van der Waals surface area contributed by atoms with Crippen molar-refractivity contribution in [3.63, 3.8) is 0 Å². The number of carboxylic acid groups (broad SMARTS) is 1. The highest BCUT2D eigenvalue weighted by Crippen LogP contribution is 2.21. The molecule has 0 aliphatic rings. The molecule has 1 atom stereocenters. The first-order valence-corrected chi connectivity index (χ1v) is 6.55. The molecule has 1 aromatic rings. The lowest BCUT2D eigenvalue weighted by Crippen LogP contribution is -2.55. The fourth-order valence-corrected chi connectivity index (χ4v) is 2.16. The summed E-state index contributed by atoms with van der Waals surface area (Å²) in [5.41, 5.74) is 1.12. The molecule has 0 radical (unpaired) electrons. The number of amides is 1. The molecule has 0 saturated heterocycles. The Morgan fingerprint density at radius 3 is 2.30 bits per heavy atom. The Balaban J connectivity index is 2.97. The summed E-state index contributed by atoms with van der Waals surface area (Å²) in [4.78, 5) is 12.6. The van der Waals surface area contributed by atoms with Gasteiger partial charge in [0.25, 0.3) is 0 Å². The van der Waals surface area contributed by atoms with E-state index >= 15 is 0 Å². The average Bonchev–Trinajstić information content (AvgIpc) is 2.39. The zero-order valence-electron chi connectivity index (χ0n) is 12.5. The van der Waals surface area contributed by atoms with Crippen molar-refractivity contribution in [2.45, 2.75) is 39.0 Å². The fourth-order valence-electron chi connectivity index (χ4n) is 2.16. The van der Waals surface area contributed by atoms with Crippen molar-refractivity contribution in [2.75, 3.05) is 13.7 Å². The third-order valence-electron chi connectivity index (χ3n) is 3.45. The van der Waals surface area contributed by atoms with Gasteiger partial charge in [0.15, 0.2) is 0 Å². The molecule has 0 aliphatic heterocycles. The zero-order valence-corrected chi connectivity index (χ0v) is 12.5. The monoisotopic (exact) mass is 281 g/mol. The van der Waals surface area contributed by atoms with Crippen LogP contribution in [0, 0.1) is 6.92 Å². The Labute approximate surface area is 119 Å². The van der Waals surface area contributed by atoms with E-state index in [1.807, 2.05) is 31.2 Å². The van der Waals surface area contributed by atoms with Gasteiger partial charge < -0.3 is 14.9 Å². The first-order valence-electron chi connectivity index (χ1n) is 6.55. The lowest BCUT2D eigenvalue weighted by atomic mass is 10.0. The summed E-state index contributed by atoms with van der Waals surface area (Å²) >= 11 is 0. The highest BCUT2D eigenvalue weighted by Gasteiger charge is 2.36. The third-order valence-corrected chi connectivity index (χ3v) is 3.45. The first-order chi connectivity index (χ1) is 9.31. The maximum atomic E-state index is 11.5. The molecule has 5 nitrogen and oxygen atoms in total. The summed E-state index contributed by atoms with van der Waals surface area (Å²) < 4.78 is 5.23. The highest BCUT2D eigenvalue weighted by molar-refractivity contribution is 5.66. The SMILES string of the molecule is COC(C)(C)N(C(=O)O)[C@H](CO)Cc1ccc(C)cc1. The average molecular weight is 281 g/mol. The molecule has 20 heavy (non-hydrogen) atoms. The van der Waals surface area contributed by atoms with Crippen molar-refractivity contribution in [3.8, 4) is 0 Å². The van der Waals surface area contributed by atoms with Gasteiger partial charge in [-0.15, -0.1) is 0 Å². The second-order valence-electron chi connectivity index (χ2n) is 5.33. The molecule has 0 spiro atoms. The second kappa shape index (κ2) is 6.72. The van der Waals surface area contributed by atoms with Crippen molar-refractivity contribution in [1.29, 1.82) is 0 Å². The molecule has 2 N–H and O–H groups in total. The van der Waals surface area contributed by atoms with Gasteiger partial charge in [0.2, 0.25) is 0 Å². The zero-order chi connectivity index (χ0) is 15.3. The van der Waals surface area contributed by atoms with Crippen LogP contribution in [0.1, 0.15) is 25.0 Å². The van der Waals surface area contributed by atoms with Gasteiger partial charge in [-0.1, -0.05) is 29.8 Å². The van der Waals surface area contributed by atoms with Gasteiger partial charge in [0.05, 0.1) is 12.6 Å². The number of hydrogen-bond acceptors (Lipinski definition) is 3. The van der Waals surface area contributed by atoms with Crippen LogP contribution in [0.2, 0.25) is 0 Å². The van der Waals surface area contributed by atoms with Crippen molar-refractivity contribution < 1.29 is 19.7 Å². The first kappa shape index (κ1) is 16.5. The molecular weight excluding hydrogens is 258 g/mol. The molecule has 0 heterocycles. The number of benzene rings is 1. The van der Waals surface area contributed by atoms with Crippen molar-refractivity contribution in [3.05, 3.63) is 35.4 Å². The van der Waals surface area contributed by atoms with E-state index in [4.69, 9.17) is 4.74 Å². The van der Waals surface area contributed by atoms with Crippen LogP contribution in [-0.2, 0) is 11.2 Å². The van der Waals surface area contributed by atoms with Crippen LogP contribution < -0.4 is 0 Å². The Bertz CT molecular complexity index is 442. The van der Waals surface area contributed by atoms with Gasteiger partial charge in [-0.2, -0.15) is 0 Å². The third kappa shape index (κ3) is 3.95. The number of ether oxygens (including phenoxy) is 1. The van der Waals surface area contributed by atoms with Gasteiger partial charge in [0.1, 0.15) is 5.72 Å². The van der Waals surface area contributed by atoms with E-state index in [9.17, 15) is 15.0 Å². The van der Waals surface area contributed by atoms with E-state index in [-0.39, 0.29) is 6.61 Å². The summed E-state index contributed by atoms with van der Waals surface area (Å²) in [6, 6.07) is 7.27. The van der Waals surface area contributed by atoms with E-state index < -0.39 is 17.9 Å². The van der Waals surface area contributed by atoms with Crippen LogP contribution in [0.25, 0.3) is 0 Å². The van der Waals surface area contributed by atoms with E-state index in [0.29, 0.717) is 6.42 Å². The van der Waals surface area contributed by atoms with Crippen LogP contribution in [0.3, 0.4) is 0 Å². The minimum atomic E-state index is -1.11. The Kier molecular flexibility index (Phi) is 5.53. The standard InChI is InChI=1S/C15H23NO4/c1-11-5-7-12(8-6-11)9-13(10-17)16(14(18)19)15(2,3)20-4/h5-8,13,17H,9-10H2,1-4H3,(H,18,19)/t13-/m0/s1. The molecule has 1 rings (SSSR count). The Morgan fingerprint density at radius 2 is 1.90 bits per heavy atom. The van der Waals surface area contributed by atoms with Crippen molar-refractivity contribution >= 4 is 6.09 Å². The minimum absolute atomic E-state index is 0.257. The molecule has 5 heteroatoms. The number of carbonyl (C=O) groups is 1. The van der Waals surface area contributed by atoms with Crippen LogP contribution in [0.4, 0.5) is 4.79 Å². The Morgan fingerprint density at radius 1 is 1.35 bits per heavy atom. The molecule has 112 valence electrons. The Hall–Kier alpha value is -1.59. The van der Waals surface area contributed by atoms with Crippen LogP contribution >= 0.6 is 0 Å². The molecular formula is C15H23NO4. The molecule has 0 unspecified atom stereocenters. The summed E-state index contributed by atoms with van der Waals surface area (Å²) in [6.45, 7) is 5.07. The van der Waals surface area contributed by atoms with Crippen LogP contribution in [0.5, 0.6) is 0 Å². The van der Waals surface area contributed by atoms with Crippen molar-refractivity contribution in [1.82, 2.24) is 4.90 Å². The largest absolute Gasteiger partial charge is 0.465 e. The van der Waals surface area contributed by atoms with Gasteiger partial charge in [-0.05, 0) is 32.8 Å². The summed E-state index contributed by atoms with van der Waals surface area (Å²) in [6.07, 6.45) is -0.668. The number of nitrogens with zero attached hydrogens (tertiary/aromatic N) is 1. The number of aliphatic hydroxyl groups is 1. The van der Waals surface area contributed by atoms with E-state index in [0.717, 1.165) is 16.0 Å². The normalized spacial score (nSPS) is 13.1. The molecule has 1 aromatic carbocycles. The maximum absolute atomic E-state index is 11.5. The second-order valence-corrected chi connectivity index (χ2v) is 5.33. The quantitative estimate of drug-likeness (QED) is 0.785. The highest BCUT2D eigenvalue weighted by atomic mass is 16.5. The molecule has 0 bridgehead atoms. The maximum Gasteiger partial charge on any atom is 0.409 e. The van der Waals surface area contributed by atoms with Crippen LogP contribution in [0.15, 0.2) is 24.3 Å². The molecule has 1 amide bonds. The van der Waals surface area contributed by atoms with E-state index in [2.05, 4.69) is 0 Å². The number of hydrogen-bond donors (Lipinski definition) is 2. The van der Waals surface area contributed by atoms with E-state index in [1.165, 1.54) is 7.11 Å². The van der Waals surface area contributed by atoms with Gasteiger partial charge in [-0.3, -0.25) is 4.90 Å². The molecule has 0 saturated carbocycles. The number of aryl methyl sites for hydroxylation is 1. The lowest BCUT2D eigenvalue weighted by Gasteiger charge is -2.40. The van der Waals surface area contributed by atoms with Crippen molar-refractivity contribution in [2.24, 2.45) is 0 Å². The molecule has 0 fully saturated rings. The summed E-state index contributed by atoms with van der Waals surface area (Å²) in [5.74, 6) is 0. The van der Waals surface area contributed by atoms with Crippen LogP contribution in [-0.4, -0.2) is 46.7 Å². The molecule has 0 aromatic heterocycles. The lowest BCUT2D eigenvalue weighted by molar-refractivity contribution is -0.116. The van der Waals surface area contributed by atoms with Gasteiger partial charge >= 0.3 is 6.09 Å². The minimum Gasteiger partial charge on any atom is -0.465 e. The van der Waals surface area contributed by atoms with Gasteiger partial charge in [0, 0.05) is 7.11 Å². The van der Waals surface area contributed by atoms with E-state index in [1.54, 1.807) is 13.8 Å². The summed E-state index contributed by atoms with van der Waals surface area (Å²) in [5, 5.41) is 19.0. The fraction of sp³-hybridized carbons (Fsp3) is 0.533. The predicted molar refractivity (Wildman–Crippen MR) is 76.7 cm³/mol. The molecule has 0 aliphatic carbocycles. The smallest absolute Gasteiger partial charge is 0.409 e. The topological polar surface area (TPSA) is 70.0 Å². The number of rotatable bonds is 6. The van der Waals surface area contributed by atoms with Gasteiger partial charge in [-0.25, -0.2) is 4.79 Å². The number of methoxy groups -OCH3 is 1.